The van der Waals surface area contributed by atoms with E-state index in [1.807, 2.05) is 18.9 Å². The third-order valence-corrected chi connectivity index (χ3v) is 3.74. The number of hydrogen-bond acceptors (Lipinski definition) is 4. The largest absolute Gasteiger partial charge is 0.380 e. The number of rotatable bonds is 8. The molecule has 1 aliphatic heterocycles. The van der Waals surface area contributed by atoms with Crippen LogP contribution in [0.25, 0.3) is 0 Å². The van der Waals surface area contributed by atoms with Gasteiger partial charge in [-0.3, -0.25) is 9.69 Å². The summed E-state index contributed by atoms with van der Waals surface area (Å²) in [6, 6.07) is 0.479. The van der Waals surface area contributed by atoms with E-state index in [1.165, 1.54) is 0 Å². The van der Waals surface area contributed by atoms with Gasteiger partial charge in [-0.05, 0) is 20.4 Å². The van der Waals surface area contributed by atoms with E-state index in [0.717, 1.165) is 52.4 Å². The van der Waals surface area contributed by atoms with Gasteiger partial charge in [0.2, 0.25) is 5.91 Å². The average Bonchev–Trinajstić information content (AvgIpc) is 2.45. The molecule has 0 aromatic carbocycles. The highest BCUT2D eigenvalue weighted by molar-refractivity contribution is 5.76. The zero-order valence-corrected chi connectivity index (χ0v) is 12.7. The minimum atomic E-state index is 0.275. The molecule has 0 aromatic rings. The lowest BCUT2D eigenvalue weighted by Gasteiger charge is -2.41. The van der Waals surface area contributed by atoms with Gasteiger partial charge in [0.25, 0.3) is 0 Å². The van der Waals surface area contributed by atoms with Gasteiger partial charge in [-0.25, -0.2) is 0 Å². The van der Waals surface area contributed by atoms with Gasteiger partial charge in [-0.1, -0.05) is 6.92 Å². The second-order valence-corrected chi connectivity index (χ2v) is 4.99. The maximum Gasteiger partial charge on any atom is 0.223 e. The summed E-state index contributed by atoms with van der Waals surface area (Å²) in [7, 11) is 1.88. The Morgan fingerprint density at radius 1 is 1.37 bits per heavy atom. The Labute approximate surface area is 117 Å². The van der Waals surface area contributed by atoms with Crippen LogP contribution in [0.3, 0.4) is 0 Å². The van der Waals surface area contributed by atoms with Crippen LogP contribution in [0.1, 0.15) is 26.7 Å². The molecule has 1 aliphatic rings. The lowest BCUT2D eigenvalue weighted by atomic mass is 10.1. The summed E-state index contributed by atoms with van der Waals surface area (Å²) in [6.07, 6.45) is 1.69. The first-order valence-corrected chi connectivity index (χ1v) is 7.47. The molecule has 19 heavy (non-hydrogen) atoms. The summed E-state index contributed by atoms with van der Waals surface area (Å²) in [6.45, 7) is 10.2. The second-order valence-electron chi connectivity index (χ2n) is 4.99. The highest BCUT2D eigenvalue weighted by Crippen LogP contribution is 2.13. The monoisotopic (exact) mass is 271 g/mol. The third-order valence-electron chi connectivity index (χ3n) is 3.74. The Bertz CT molecular complexity index is 261. The van der Waals surface area contributed by atoms with Gasteiger partial charge in [-0.2, -0.15) is 0 Å². The lowest BCUT2D eigenvalue weighted by Crippen LogP contribution is -2.55. The molecule has 1 amide bonds. The van der Waals surface area contributed by atoms with E-state index in [-0.39, 0.29) is 5.91 Å². The number of carbonyl (C=O) groups excluding carboxylic acids is 1. The Kier molecular flexibility index (Phi) is 8.02. The van der Waals surface area contributed by atoms with Crippen molar-refractivity contribution in [3.8, 4) is 0 Å². The maximum absolute atomic E-state index is 12.0. The van der Waals surface area contributed by atoms with Crippen LogP contribution in [0.4, 0.5) is 0 Å². The molecule has 0 aliphatic carbocycles. The zero-order chi connectivity index (χ0) is 14.1. The van der Waals surface area contributed by atoms with Crippen LogP contribution in [0.5, 0.6) is 0 Å². The van der Waals surface area contributed by atoms with E-state index < -0.39 is 0 Å². The van der Waals surface area contributed by atoms with Gasteiger partial charge in [0.15, 0.2) is 0 Å². The lowest BCUT2D eigenvalue weighted by molar-refractivity contribution is -0.134. The molecule has 1 fully saturated rings. The molecular formula is C14H29N3O2. The molecule has 5 heteroatoms. The van der Waals surface area contributed by atoms with Crippen molar-refractivity contribution in [2.24, 2.45) is 0 Å². The topological polar surface area (TPSA) is 44.8 Å². The predicted octanol–water partition coefficient (Wildman–Crippen LogP) is 0.555. The van der Waals surface area contributed by atoms with Crippen LogP contribution in [-0.4, -0.2) is 74.7 Å². The summed E-state index contributed by atoms with van der Waals surface area (Å²) >= 11 is 0. The molecule has 0 aromatic heterocycles. The minimum Gasteiger partial charge on any atom is -0.380 e. The molecule has 1 heterocycles. The third kappa shape index (κ3) is 5.47. The molecule has 0 spiro atoms. The maximum atomic E-state index is 12.0. The molecule has 0 saturated carbocycles. The van der Waals surface area contributed by atoms with Crippen LogP contribution < -0.4 is 5.32 Å². The molecule has 1 unspecified atom stereocenters. The number of amides is 1. The molecule has 0 radical (unpaired) electrons. The first-order valence-electron chi connectivity index (χ1n) is 7.47. The number of nitrogens with one attached hydrogen (secondary N) is 1. The molecular weight excluding hydrogens is 242 g/mol. The standard InChI is InChI=1S/C14H29N3O2/c1-4-13-12-17(14(18)6-7-15-3)9-8-16(13)10-11-19-5-2/h13,15H,4-12H2,1-3H3. The second kappa shape index (κ2) is 9.28. The molecule has 1 rings (SSSR count). The molecule has 0 bridgehead atoms. The van der Waals surface area contributed by atoms with Crippen molar-refractivity contribution in [3.05, 3.63) is 0 Å². The normalized spacial score (nSPS) is 20.8. The van der Waals surface area contributed by atoms with Gasteiger partial charge in [0, 0.05) is 51.8 Å². The van der Waals surface area contributed by atoms with Gasteiger partial charge >= 0.3 is 0 Å². The van der Waals surface area contributed by atoms with Crippen molar-refractivity contribution in [1.29, 1.82) is 0 Å². The highest BCUT2D eigenvalue weighted by atomic mass is 16.5. The van der Waals surface area contributed by atoms with Crippen LogP contribution in [0, 0.1) is 0 Å². The Balaban J connectivity index is 2.38. The van der Waals surface area contributed by atoms with E-state index >= 15 is 0 Å². The molecule has 1 N–H and O–H groups in total. The van der Waals surface area contributed by atoms with Crippen molar-refractivity contribution in [2.75, 3.05) is 53.0 Å². The summed E-state index contributed by atoms with van der Waals surface area (Å²) < 4.78 is 5.43. The number of ether oxygens (including phenoxy) is 1. The van der Waals surface area contributed by atoms with Gasteiger partial charge < -0.3 is 15.0 Å². The smallest absolute Gasteiger partial charge is 0.223 e. The van der Waals surface area contributed by atoms with Gasteiger partial charge in [0.1, 0.15) is 0 Å². The number of nitrogens with zero attached hydrogens (tertiary/aromatic N) is 2. The molecule has 112 valence electrons. The fraction of sp³-hybridized carbons (Fsp3) is 0.929. The first kappa shape index (κ1) is 16.4. The van der Waals surface area contributed by atoms with Crippen molar-refractivity contribution in [1.82, 2.24) is 15.1 Å². The first-order chi connectivity index (χ1) is 9.22. The Morgan fingerprint density at radius 2 is 2.16 bits per heavy atom. The van der Waals surface area contributed by atoms with Gasteiger partial charge in [0.05, 0.1) is 6.61 Å². The Hall–Kier alpha value is -0.650. The highest BCUT2D eigenvalue weighted by Gasteiger charge is 2.27. The fourth-order valence-electron chi connectivity index (χ4n) is 2.52. The zero-order valence-electron chi connectivity index (χ0n) is 12.7. The predicted molar refractivity (Wildman–Crippen MR) is 77.3 cm³/mol. The van der Waals surface area contributed by atoms with Crippen LogP contribution in [0.15, 0.2) is 0 Å². The van der Waals surface area contributed by atoms with E-state index in [0.29, 0.717) is 12.5 Å². The summed E-state index contributed by atoms with van der Waals surface area (Å²) in [5.74, 6) is 0.275. The van der Waals surface area contributed by atoms with Crippen molar-refractivity contribution in [3.63, 3.8) is 0 Å². The summed E-state index contributed by atoms with van der Waals surface area (Å²) in [5.41, 5.74) is 0. The molecule has 1 atom stereocenters. The quantitative estimate of drug-likeness (QED) is 0.655. The van der Waals surface area contributed by atoms with Crippen LogP contribution in [-0.2, 0) is 9.53 Å². The van der Waals surface area contributed by atoms with E-state index in [4.69, 9.17) is 4.74 Å². The average molecular weight is 271 g/mol. The van der Waals surface area contributed by atoms with E-state index in [2.05, 4.69) is 17.1 Å². The molecule has 1 saturated heterocycles. The minimum absolute atomic E-state index is 0.275. The van der Waals surface area contributed by atoms with Crippen LogP contribution >= 0.6 is 0 Å². The van der Waals surface area contributed by atoms with E-state index in [1.54, 1.807) is 0 Å². The van der Waals surface area contributed by atoms with Crippen molar-refractivity contribution in [2.45, 2.75) is 32.7 Å². The SMILES string of the molecule is CCOCCN1CCN(C(=O)CCNC)CC1CC. The number of carbonyl (C=O) groups is 1. The van der Waals surface area contributed by atoms with Crippen molar-refractivity contribution >= 4 is 5.91 Å². The van der Waals surface area contributed by atoms with Gasteiger partial charge in [-0.15, -0.1) is 0 Å². The van der Waals surface area contributed by atoms with Crippen LogP contribution in [0.2, 0.25) is 0 Å². The van der Waals surface area contributed by atoms with Crippen molar-refractivity contribution < 1.29 is 9.53 Å². The number of piperazine rings is 1. The summed E-state index contributed by atoms with van der Waals surface area (Å²) in [4.78, 5) is 16.5. The van der Waals surface area contributed by atoms with E-state index in [9.17, 15) is 4.79 Å². The fourth-order valence-corrected chi connectivity index (χ4v) is 2.52. The summed E-state index contributed by atoms with van der Waals surface area (Å²) in [5, 5.41) is 3.03. The number of hydrogen-bond donors (Lipinski definition) is 1. The Morgan fingerprint density at radius 3 is 2.79 bits per heavy atom. The molecule has 5 nitrogen and oxygen atoms in total.